The van der Waals surface area contributed by atoms with Crippen molar-refractivity contribution in [2.75, 3.05) is 0 Å². The van der Waals surface area contributed by atoms with Crippen molar-refractivity contribution in [2.45, 2.75) is 18.9 Å². The maximum Gasteiger partial charge on any atom is 0.235 e. The fourth-order valence-electron chi connectivity index (χ4n) is 0.661. The average molecular weight is 137 g/mol. The molecule has 0 radical (unpaired) electrons. The van der Waals surface area contributed by atoms with Crippen LogP contribution >= 0.6 is 0 Å². The van der Waals surface area contributed by atoms with Crippen LogP contribution in [-0.4, -0.2) is 12.1 Å². The summed E-state index contributed by atoms with van der Waals surface area (Å²) in [5.74, 6) is 0. The Kier molecular flexibility index (Phi) is 5.30. The lowest BCUT2D eigenvalue weighted by Crippen LogP contribution is -1.99. The molecule has 0 N–H and O–H groups in total. The number of hydrogen-bond donors (Lipinski definition) is 0. The molecule has 0 saturated carbocycles. The van der Waals surface area contributed by atoms with Crippen molar-refractivity contribution in [1.29, 1.82) is 0 Å². The first-order chi connectivity index (χ1) is 4.85. The van der Waals surface area contributed by atoms with E-state index in [9.17, 15) is 4.79 Å². The predicted octanol–water partition coefficient (Wildman–Crippen LogP) is 1.84. The van der Waals surface area contributed by atoms with Gasteiger partial charge >= 0.3 is 0 Å². The Morgan fingerprint density at radius 2 is 1.90 bits per heavy atom. The molecule has 0 aromatic carbocycles. The Morgan fingerprint density at radius 3 is 2.20 bits per heavy atom. The summed E-state index contributed by atoms with van der Waals surface area (Å²) in [4.78, 5) is 13.4. The lowest BCUT2D eigenvalue weighted by atomic mass is 10.1. The minimum Gasteiger partial charge on any atom is -0.211 e. The van der Waals surface area contributed by atoms with E-state index in [-0.39, 0.29) is 6.04 Å². The molecule has 2 heteroatoms. The van der Waals surface area contributed by atoms with Gasteiger partial charge in [0, 0.05) is 0 Å². The van der Waals surface area contributed by atoms with Gasteiger partial charge in [-0.15, -0.1) is 13.2 Å². The Balaban J connectivity index is 3.81. The van der Waals surface area contributed by atoms with Crippen LogP contribution in [0, 0.1) is 0 Å². The molecule has 0 unspecified atom stereocenters. The lowest BCUT2D eigenvalue weighted by molar-refractivity contribution is 0.556. The van der Waals surface area contributed by atoms with Gasteiger partial charge in [0.1, 0.15) is 0 Å². The van der Waals surface area contributed by atoms with Crippen LogP contribution < -0.4 is 0 Å². The quantitative estimate of drug-likeness (QED) is 0.323. The predicted molar refractivity (Wildman–Crippen MR) is 41.5 cm³/mol. The van der Waals surface area contributed by atoms with Crippen molar-refractivity contribution in [3.63, 3.8) is 0 Å². The zero-order valence-corrected chi connectivity index (χ0v) is 5.92. The summed E-state index contributed by atoms with van der Waals surface area (Å²) in [5, 5.41) is 0. The molecule has 10 heavy (non-hydrogen) atoms. The maximum atomic E-state index is 9.80. The van der Waals surface area contributed by atoms with Gasteiger partial charge < -0.3 is 0 Å². The summed E-state index contributed by atoms with van der Waals surface area (Å²) in [6.45, 7) is 7.08. The van der Waals surface area contributed by atoms with Gasteiger partial charge in [0.2, 0.25) is 6.08 Å². The highest BCUT2D eigenvalue weighted by atomic mass is 16.1. The summed E-state index contributed by atoms with van der Waals surface area (Å²) < 4.78 is 0. The molecule has 0 rings (SSSR count). The van der Waals surface area contributed by atoms with Crippen LogP contribution in [0.4, 0.5) is 0 Å². The van der Waals surface area contributed by atoms with Crippen LogP contribution in [0.15, 0.2) is 30.3 Å². The minimum absolute atomic E-state index is 0.00694. The normalized spacial score (nSPS) is 8.50. The van der Waals surface area contributed by atoms with Crippen molar-refractivity contribution in [2.24, 2.45) is 4.99 Å². The molecule has 0 spiro atoms. The van der Waals surface area contributed by atoms with Crippen molar-refractivity contribution in [3.8, 4) is 0 Å². The molecule has 0 aliphatic rings. The van der Waals surface area contributed by atoms with E-state index in [1.54, 1.807) is 12.2 Å². The summed E-state index contributed by atoms with van der Waals surface area (Å²) >= 11 is 0. The molecule has 54 valence electrons. The summed E-state index contributed by atoms with van der Waals surface area (Å²) in [7, 11) is 0. The molecule has 0 heterocycles. The van der Waals surface area contributed by atoms with Gasteiger partial charge in [0.15, 0.2) is 0 Å². The van der Waals surface area contributed by atoms with Gasteiger partial charge in [0.25, 0.3) is 0 Å². The highest BCUT2D eigenvalue weighted by Crippen LogP contribution is 2.03. The van der Waals surface area contributed by atoms with E-state index in [4.69, 9.17) is 0 Å². The third-order valence-electron chi connectivity index (χ3n) is 1.11. The van der Waals surface area contributed by atoms with Gasteiger partial charge in [-0.25, -0.2) is 9.79 Å². The van der Waals surface area contributed by atoms with E-state index in [0.29, 0.717) is 12.8 Å². The second kappa shape index (κ2) is 5.99. The fourth-order valence-corrected chi connectivity index (χ4v) is 0.661. The van der Waals surface area contributed by atoms with Crippen LogP contribution in [0.3, 0.4) is 0 Å². The van der Waals surface area contributed by atoms with Crippen LogP contribution in [0.1, 0.15) is 12.8 Å². The molecular weight excluding hydrogens is 126 g/mol. The number of rotatable bonds is 5. The second-order valence-corrected chi connectivity index (χ2v) is 1.92. The number of carbonyl (C=O) groups excluding carboxylic acids is 1. The molecule has 0 aliphatic heterocycles. The van der Waals surface area contributed by atoms with Gasteiger partial charge in [-0.2, -0.15) is 0 Å². The van der Waals surface area contributed by atoms with Crippen LogP contribution in [-0.2, 0) is 4.79 Å². The summed E-state index contributed by atoms with van der Waals surface area (Å²) in [6, 6.07) is -0.00694. The largest absolute Gasteiger partial charge is 0.235 e. The molecule has 2 nitrogen and oxygen atoms in total. The Bertz CT molecular complexity index is 147. The second-order valence-electron chi connectivity index (χ2n) is 1.92. The van der Waals surface area contributed by atoms with E-state index in [2.05, 4.69) is 18.2 Å². The lowest BCUT2D eigenvalue weighted by Gasteiger charge is -2.01. The third-order valence-corrected chi connectivity index (χ3v) is 1.11. The van der Waals surface area contributed by atoms with Gasteiger partial charge in [-0.05, 0) is 12.8 Å². The molecule has 0 amide bonds. The zero-order chi connectivity index (χ0) is 7.82. The fraction of sp³-hybridized carbons (Fsp3) is 0.375. The molecule has 0 atom stereocenters. The molecule has 0 aliphatic carbocycles. The topological polar surface area (TPSA) is 29.4 Å². The zero-order valence-electron chi connectivity index (χ0n) is 5.92. The number of hydrogen-bond acceptors (Lipinski definition) is 2. The number of isocyanates is 1. The minimum atomic E-state index is -0.00694. The van der Waals surface area contributed by atoms with E-state index >= 15 is 0 Å². The first-order valence-corrected chi connectivity index (χ1v) is 3.14. The number of aliphatic imine (C=N–C) groups is 1. The Hall–Kier alpha value is -1.14. The van der Waals surface area contributed by atoms with Crippen molar-refractivity contribution < 1.29 is 4.79 Å². The Labute approximate surface area is 61.0 Å². The van der Waals surface area contributed by atoms with Crippen molar-refractivity contribution >= 4 is 6.08 Å². The van der Waals surface area contributed by atoms with E-state index in [1.165, 1.54) is 6.08 Å². The van der Waals surface area contributed by atoms with Crippen LogP contribution in [0.5, 0.6) is 0 Å². The van der Waals surface area contributed by atoms with Gasteiger partial charge in [-0.3, -0.25) is 0 Å². The molecule has 0 aromatic rings. The molecular formula is C8H11NO. The van der Waals surface area contributed by atoms with Crippen LogP contribution in [0.2, 0.25) is 0 Å². The smallest absolute Gasteiger partial charge is 0.211 e. The molecule has 0 fully saturated rings. The van der Waals surface area contributed by atoms with Crippen molar-refractivity contribution in [3.05, 3.63) is 25.3 Å². The van der Waals surface area contributed by atoms with Gasteiger partial charge in [-0.1, -0.05) is 12.2 Å². The van der Waals surface area contributed by atoms with Crippen molar-refractivity contribution in [1.82, 2.24) is 0 Å². The summed E-state index contributed by atoms with van der Waals surface area (Å²) in [6.07, 6.45) is 6.40. The summed E-state index contributed by atoms with van der Waals surface area (Å²) in [5.41, 5.74) is 0. The molecule has 0 saturated heterocycles. The van der Waals surface area contributed by atoms with E-state index < -0.39 is 0 Å². The van der Waals surface area contributed by atoms with E-state index in [0.717, 1.165) is 0 Å². The van der Waals surface area contributed by atoms with Gasteiger partial charge in [0.05, 0.1) is 6.04 Å². The monoisotopic (exact) mass is 137 g/mol. The first-order valence-electron chi connectivity index (χ1n) is 3.14. The third kappa shape index (κ3) is 3.81. The molecule has 0 aromatic heterocycles. The highest BCUT2D eigenvalue weighted by molar-refractivity contribution is 5.33. The van der Waals surface area contributed by atoms with Crippen LogP contribution in [0.25, 0.3) is 0 Å². The number of nitrogens with zero attached hydrogens (tertiary/aromatic N) is 1. The standard InChI is InChI=1S/C8H11NO/c1-3-5-8(6-4-2)9-7-10/h3-4,8H,1-2,5-6H2. The SMILES string of the molecule is C=CCC(CC=C)N=C=O. The molecule has 0 bridgehead atoms. The first kappa shape index (κ1) is 8.86. The maximum absolute atomic E-state index is 9.80. The Morgan fingerprint density at radius 1 is 1.40 bits per heavy atom. The highest BCUT2D eigenvalue weighted by Gasteiger charge is 1.99. The average Bonchev–Trinajstić information content (AvgIpc) is 1.90. The van der Waals surface area contributed by atoms with E-state index in [1.807, 2.05) is 0 Å².